The van der Waals surface area contributed by atoms with E-state index in [0.29, 0.717) is 50.2 Å². The Morgan fingerprint density at radius 3 is 2.35 bits per heavy atom. The summed E-state index contributed by atoms with van der Waals surface area (Å²) in [5, 5.41) is 3.50. The molecular weight excluding hydrogens is 394 g/mol. The Bertz CT molecular complexity index is 971. The van der Waals surface area contributed by atoms with E-state index in [1.54, 1.807) is 19.3 Å². The predicted octanol–water partition coefficient (Wildman–Crippen LogP) is 2.08. The first-order valence-electron chi connectivity index (χ1n) is 10.7. The fourth-order valence-electron chi connectivity index (χ4n) is 4.02. The number of anilines is 2. The first-order chi connectivity index (χ1) is 14.8. The number of rotatable bonds is 5. The average Bonchev–Trinajstić information content (AvgIpc) is 3.11. The molecule has 2 aliphatic heterocycles. The van der Waals surface area contributed by atoms with Gasteiger partial charge >= 0.3 is 0 Å². The smallest absolute Gasteiger partial charge is 0.273 e. The van der Waals surface area contributed by atoms with Crippen LogP contribution in [-0.4, -0.2) is 68.8 Å². The van der Waals surface area contributed by atoms with Crippen molar-refractivity contribution in [3.8, 4) is 0 Å². The number of carbonyl (C=O) groups excluding carboxylic acids is 2. The summed E-state index contributed by atoms with van der Waals surface area (Å²) in [6.45, 7) is 10.7. The van der Waals surface area contributed by atoms with Crippen LogP contribution in [0.5, 0.6) is 0 Å². The number of piperazine rings is 1. The predicted molar refractivity (Wildman–Crippen MR) is 118 cm³/mol. The monoisotopic (exact) mass is 423 g/mol. The van der Waals surface area contributed by atoms with E-state index in [4.69, 9.17) is 4.98 Å². The highest BCUT2D eigenvalue weighted by molar-refractivity contribution is 5.98. The molecule has 0 aliphatic carbocycles. The lowest BCUT2D eigenvalue weighted by molar-refractivity contribution is -0.129. The topological polar surface area (TPSA) is 94.6 Å². The Kier molecular flexibility index (Phi) is 5.75. The number of nitrogens with zero attached hydrogens (tertiary/aromatic N) is 6. The second kappa shape index (κ2) is 8.49. The molecule has 0 spiro atoms. The molecule has 2 aliphatic rings. The zero-order valence-electron chi connectivity index (χ0n) is 18.5. The molecule has 1 atom stereocenters. The van der Waals surface area contributed by atoms with Crippen LogP contribution in [0.4, 0.5) is 11.8 Å². The van der Waals surface area contributed by atoms with Gasteiger partial charge in [0.15, 0.2) is 0 Å². The van der Waals surface area contributed by atoms with Crippen molar-refractivity contribution in [1.29, 1.82) is 0 Å². The van der Waals surface area contributed by atoms with Gasteiger partial charge in [0, 0.05) is 57.1 Å². The van der Waals surface area contributed by atoms with Crippen molar-refractivity contribution in [2.24, 2.45) is 0 Å². The van der Waals surface area contributed by atoms with Gasteiger partial charge in [-0.2, -0.15) is 4.98 Å². The fraction of sp³-hybridized carbons (Fsp3) is 0.500. The minimum absolute atomic E-state index is 0.00684. The summed E-state index contributed by atoms with van der Waals surface area (Å²) >= 11 is 0. The Morgan fingerprint density at radius 1 is 1.06 bits per heavy atom. The lowest BCUT2D eigenvalue weighted by Crippen LogP contribution is -2.48. The Morgan fingerprint density at radius 2 is 1.74 bits per heavy atom. The van der Waals surface area contributed by atoms with Gasteiger partial charge in [0.2, 0.25) is 11.9 Å². The summed E-state index contributed by atoms with van der Waals surface area (Å²) in [6.07, 6.45) is 3.53. The van der Waals surface area contributed by atoms with E-state index in [9.17, 15) is 9.59 Å². The highest BCUT2D eigenvalue weighted by Crippen LogP contribution is 2.32. The molecule has 1 saturated heterocycles. The fourth-order valence-corrected chi connectivity index (χ4v) is 4.02. The zero-order valence-corrected chi connectivity index (χ0v) is 18.5. The maximum absolute atomic E-state index is 13.1. The molecule has 9 nitrogen and oxygen atoms in total. The molecule has 2 amide bonds. The third-order valence-corrected chi connectivity index (χ3v) is 5.98. The highest BCUT2D eigenvalue weighted by atomic mass is 16.2. The van der Waals surface area contributed by atoms with Crippen LogP contribution >= 0.6 is 0 Å². The maximum atomic E-state index is 13.1. The average molecular weight is 424 g/mol. The molecule has 31 heavy (non-hydrogen) atoms. The number of fused-ring (bicyclic) bond motifs is 1. The first kappa shape index (κ1) is 21.0. The zero-order chi connectivity index (χ0) is 22.1. The van der Waals surface area contributed by atoms with Crippen LogP contribution in [0, 0.1) is 0 Å². The Balaban J connectivity index is 1.66. The van der Waals surface area contributed by atoms with Crippen LogP contribution in [0.15, 0.2) is 24.5 Å². The van der Waals surface area contributed by atoms with Gasteiger partial charge in [-0.05, 0) is 38.5 Å². The first-order valence-corrected chi connectivity index (χ1v) is 10.7. The van der Waals surface area contributed by atoms with Crippen LogP contribution in [-0.2, 0) is 11.3 Å². The maximum Gasteiger partial charge on any atom is 0.273 e. The van der Waals surface area contributed by atoms with Crippen molar-refractivity contribution in [2.75, 3.05) is 36.4 Å². The van der Waals surface area contributed by atoms with Gasteiger partial charge in [0.1, 0.15) is 11.5 Å². The van der Waals surface area contributed by atoms with E-state index in [0.717, 1.165) is 11.1 Å². The molecule has 2 aromatic heterocycles. The number of hydrogen-bond acceptors (Lipinski definition) is 7. The van der Waals surface area contributed by atoms with Gasteiger partial charge in [-0.1, -0.05) is 0 Å². The Labute approximate surface area is 182 Å². The van der Waals surface area contributed by atoms with Crippen LogP contribution in [0.25, 0.3) is 0 Å². The summed E-state index contributed by atoms with van der Waals surface area (Å²) in [5.41, 5.74) is 2.40. The van der Waals surface area contributed by atoms with Gasteiger partial charge in [-0.25, -0.2) is 4.98 Å². The minimum atomic E-state index is -0.0596. The van der Waals surface area contributed by atoms with Crippen LogP contribution in [0.2, 0.25) is 0 Å². The molecule has 164 valence electrons. The van der Waals surface area contributed by atoms with Crippen LogP contribution < -0.4 is 10.2 Å². The van der Waals surface area contributed by atoms with Crippen molar-refractivity contribution in [3.05, 3.63) is 41.3 Å². The van der Waals surface area contributed by atoms with E-state index < -0.39 is 0 Å². The molecular formula is C22H29N7O2. The lowest BCUT2D eigenvalue weighted by atomic mass is 10.1. The molecule has 2 aromatic rings. The molecule has 0 radical (unpaired) electrons. The molecule has 9 heteroatoms. The van der Waals surface area contributed by atoms with Crippen LogP contribution in [0.3, 0.4) is 0 Å². The Hall–Kier alpha value is -3.23. The quantitative estimate of drug-likeness (QED) is 0.787. The number of amides is 2. The van der Waals surface area contributed by atoms with Crippen molar-refractivity contribution in [2.45, 2.75) is 46.3 Å². The van der Waals surface area contributed by atoms with Gasteiger partial charge in [0.05, 0.1) is 12.6 Å². The number of aromatic nitrogens is 3. The second-order valence-electron chi connectivity index (χ2n) is 8.37. The summed E-state index contributed by atoms with van der Waals surface area (Å²) < 4.78 is 0. The van der Waals surface area contributed by atoms with E-state index in [1.807, 2.05) is 40.7 Å². The summed E-state index contributed by atoms with van der Waals surface area (Å²) in [4.78, 5) is 44.0. The summed E-state index contributed by atoms with van der Waals surface area (Å²) in [5.74, 6) is 1.24. The third kappa shape index (κ3) is 4.17. The van der Waals surface area contributed by atoms with E-state index in [-0.39, 0.29) is 23.9 Å². The summed E-state index contributed by atoms with van der Waals surface area (Å²) in [6, 6.07) is 4.00. The number of nitrogens with one attached hydrogen (secondary N) is 1. The second-order valence-corrected chi connectivity index (χ2v) is 8.37. The normalized spacial score (nSPS) is 17.2. The van der Waals surface area contributed by atoms with Crippen molar-refractivity contribution in [1.82, 2.24) is 24.8 Å². The number of hydrogen-bond donors (Lipinski definition) is 1. The SMILES string of the molecule is CC(=O)N1CCN(c2nc(NC(C)c3ccncc3)c3c(n2)C(=O)N(C(C)C)C3)CC1. The van der Waals surface area contributed by atoms with E-state index in [2.05, 4.69) is 22.2 Å². The van der Waals surface area contributed by atoms with Crippen molar-refractivity contribution in [3.63, 3.8) is 0 Å². The van der Waals surface area contributed by atoms with Crippen LogP contribution in [0.1, 0.15) is 55.4 Å². The van der Waals surface area contributed by atoms with Gasteiger partial charge in [-0.3, -0.25) is 14.6 Å². The van der Waals surface area contributed by atoms with Crippen molar-refractivity contribution < 1.29 is 9.59 Å². The standard InChI is InChI=1S/C22H29N7O2/c1-14(2)29-13-18-19(21(29)31)25-22(28-11-9-27(10-12-28)16(4)30)26-20(18)24-15(3)17-5-7-23-8-6-17/h5-8,14-15H,9-13H2,1-4H3,(H,24,25,26). The molecule has 1 unspecified atom stereocenters. The third-order valence-electron chi connectivity index (χ3n) is 5.98. The van der Waals surface area contributed by atoms with Crippen molar-refractivity contribution >= 4 is 23.6 Å². The highest BCUT2D eigenvalue weighted by Gasteiger charge is 2.35. The lowest BCUT2D eigenvalue weighted by Gasteiger charge is -2.34. The van der Waals surface area contributed by atoms with E-state index >= 15 is 0 Å². The van der Waals surface area contributed by atoms with Gasteiger partial charge in [-0.15, -0.1) is 0 Å². The van der Waals surface area contributed by atoms with Gasteiger partial charge < -0.3 is 20.0 Å². The van der Waals surface area contributed by atoms with Gasteiger partial charge in [0.25, 0.3) is 5.91 Å². The largest absolute Gasteiger partial charge is 0.363 e. The molecule has 0 aromatic carbocycles. The molecule has 1 N–H and O–H groups in total. The molecule has 1 fully saturated rings. The van der Waals surface area contributed by atoms with E-state index in [1.165, 1.54) is 0 Å². The number of pyridine rings is 1. The molecule has 4 rings (SSSR count). The summed E-state index contributed by atoms with van der Waals surface area (Å²) in [7, 11) is 0. The minimum Gasteiger partial charge on any atom is -0.363 e. The molecule has 0 bridgehead atoms. The molecule has 0 saturated carbocycles. The number of carbonyl (C=O) groups is 2. The molecule has 4 heterocycles.